The molecule has 139 heavy (non-hydrogen) atoms. The van der Waals surface area contributed by atoms with Gasteiger partial charge in [0.15, 0.2) is 62.3 Å². The molecule has 0 unspecified atom stereocenters. The van der Waals surface area contributed by atoms with E-state index in [0.29, 0.717) is 51.4 Å². The summed E-state index contributed by atoms with van der Waals surface area (Å²) in [5, 5.41) is 257. The van der Waals surface area contributed by atoms with Gasteiger partial charge in [-0.2, -0.15) is 0 Å². The smallest absolute Gasteiger partial charge is 0.335 e. The number of carbonyl (C=O) groups excluding carboxylic acids is 4. The minimum Gasteiger partial charge on any atom is -0.479 e. The van der Waals surface area contributed by atoms with Gasteiger partial charge in [0.2, 0.25) is 6.29 Å². The largest absolute Gasteiger partial charge is 0.479 e. The maximum atomic E-state index is 16.4. The molecule has 0 aromatic carbocycles. The van der Waals surface area contributed by atoms with Crippen LogP contribution < -0.4 is 0 Å². The lowest BCUT2D eigenvalue weighted by atomic mass is 9.33. The number of rotatable bonds is 35. The Morgan fingerprint density at radius 3 is 1.67 bits per heavy atom. The number of hydrogen-bond acceptors (Lipinski definition) is 45. The molecule has 0 spiro atoms. The van der Waals surface area contributed by atoms with Gasteiger partial charge >= 0.3 is 23.9 Å². The zero-order chi connectivity index (χ0) is 102. The number of aldehydes is 1. The summed E-state index contributed by atoms with van der Waals surface area (Å²) in [6.07, 6.45) is -67.9. The molecule has 0 radical (unpaired) electrons. The topological polar surface area (TPSA) is 717 Å². The highest BCUT2D eigenvalue weighted by Crippen LogP contribution is 2.76. The van der Waals surface area contributed by atoms with Gasteiger partial charge in [-0.1, -0.05) is 93.7 Å². The van der Waals surface area contributed by atoms with Crippen LogP contribution in [0.15, 0.2) is 11.6 Å². The van der Waals surface area contributed by atoms with E-state index in [4.69, 9.17) is 85.3 Å². The normalized spacial score (nSPS) is 49.0. The van der Waals surface area contributed by atoms with E-state index >= 15 is 4.79 Å². The van der Waals surface area contributed by atoms with E-state index in [1.54, 1.807) is 27.7 Å². The number of ether oxygens (including phenoxy) is 18. The standard InChI is InChI=1S/C93H150O46/c1-14-36(3)46(127-54(102)26-42(99)25-47(37(4)15-2)128-81-62(110)58(106)49(31-95)129-81)24-41(98)27-55(103)132-70-40(7)126-83(74(66(70)114)137-80-65(113)61(109)69(39(6)125-80)133-78-68(116)71(45(100)32-122-78)134-85-76(117)92(121,34-97)35-123-85)139-86(120)93-23-22-87(8,9)28-44(93)43-16-17-51-88(10)20-19-53(89(11,33-96)50(88)18-21-90(51,12)91(43,13)29-52(93)101)131-84-75(138-82-64(112)60(108)57(105)48(30-94)130-82)72(67(115)73(136-84)77(118)119)135-79-63(111)59(107)56(104)38(5)124-79/h16,33,36-42,44-53,56-76,78-85,94-95,97-101,104-117,121H,14-15,17-32,34-35H2,1-13H3,(H,118,119)/t36-,37-,38-,39-,40+,41-,42-,44-,45+,46-,47-,48+,49-,50+,51+,52+,53-,56-,57-,58-,59+,60-,61-,62+,63+,64+,65+,66-,67-,68+,69-,70-,71-,72-,73-,74+,75+,76-,78-,79-,80-,81+,82-,83-,84+,85-,88-,89-,90+,91+,92+,93+/m0/s1. The molecule has 8 saturated heterocycles. The second-order valence-electron chi connectivity index (χ2n) is 43.0. The summed E-state index contributed by atoms with van der Waals surface area (Å²) in [7, 11) is 0. The number of allylic oxidation sites excluding steroid dienone is 2. The summed E-state index contributed by atoms with van der Waals surface area (Å²) in [5.74, 6) is -7.26. The van der Waals surface area contributed by atoms with Crippen molar-refractivity contribution in [3.05, 3.63) is 11.6 Å². The van der Waals surface area contributed by atoms with E-state index < -0.39 is 377 Å². The van der Waals surface area contributed by atoms with E-state index in [1.807, 2.05) is 20.8 Å². The molecule has 13 aliphatic rings. The van der Waals surface area contributed by atoms with Gasteiger partial charge in [-0.3, -0.25) is 14.4 Å². The van der Waals surface area contributed by atoms with E-state index in [2.05, 4.69) is 26.8 Å². The van der Waals surface area contributed by atoms with Crippen LogP contribution in [0.5, 0.6) is 0 Å². The molecule has 0 aromatic rings. The van der Waals surface area contributed by atoms with E-state index in [9.17, 15) is 137 Å². The van der Waals surface area contributed by atoms with Crippen molar-refractivity contribution in [1.82, 2.24) is 0 Å². The molecule has 13 rings (SSSR count). The first kappa shape index (κ1) is 112. The van der Waals surface area contributed by atoms with Crippen molar-refractivity contribution in [2.75, 3.05) is 33.0 Å². The van der Waals surface area contributed by atoms with Gasteiger partial charge in [-0.25, -0.2) is 4.79 Å². The Morgan fingerprint density at radius 2 is 1.05 bits per heavy atom. The van der Waals surface area contributed by atoms with Crippen molar-refractivity contribution in [3.8, 4) is 0 Å². The van der Waals surface area contributed by atoms with Crippen molar-refractivity contribution in [3.63, 3.8) is 0 Å². The van der Waals surface area contributed by atoms with Gasteiger partial charge in [-0.05, 0) is 130 Å². The molecule has 4 saturated carbocycles. The van der Waals surface area contributed by atoms with Crippen LogP contribution in [0.25, 0.3) is 0 Å². The van der Waals surface area contributed by atoms with Crippen LogP contribution in [0.1, 0.15) is 186 Å². The zero-order valence-corrected chi connectivity index (χ0v) is 80.5. The number of carbonyl (C=O) groups is 5. The Bertz CT molecular complexity index is 4140. The first-order valence-corrected chi connectivity index (χ1v) is 48.7. The van der Waals surface area contributed by atoms with Crippen LogP contribution in [0, 0.1) is 62.1 Å². The maximum Gasteiger partial charge on any atom is 0.335 e. The molecule has 46 nitrogen and oxygen atoms in total. The first-order chi connectivity index (χ1) is 65.2. The molecule has 52 atom stereocenters. The number of fused-ring (bicyclic) bond motifs is 7. The number of aliphatic carboxylic acids is 1. The molecule has 23 N–H and O–H groups in total. The molecule has 8 aliphatic heterocycles. The molecule has 46 heteroatoms. The van der Waals surface area contributed by atoms with Crippen molar-refractivity contribution < 1.29 is 227 Å². The summed E-state index contributed by atoms with van der Waals surface area (Å²) < 4.78 is 109. The van der Waals surface area contributed by atoms with E-state index in [1.165, 1.54) is 20.8 Å². The predicted molar refractivity (Wildman–Crippen MR) is 463 cm³/mol. The Kier molecular flexibility index (Phi) is 35.7. The fourth-order valence-corrected chi connectivity index (χ4v) is 24.4. The van der Waals surface area contributed by atoms with Gasteiger partial charge in [0.05, 0.1) is 100 Å². The SMILES string of the molecule is CC[C@H](C)[C@H](C[C@H](O)CC(=O)O[C@@H]1[C@H](O)[C@@H](O[C@@H]2O[C@@H](C)[C@H](O[C@@H]3OC[C@@H](O)[C@H](O[C@@H]4OC[C@](O)(CO)[C@H]4O)[C@H]3O)[C@@H](O)[C@H]2O)[C@H](OC(=O)[C@]23CCC(C)(C)C[C@H]2C2=CC[C@@H]4[C@@]5(C)CC[C@H](O[C@@H]6O[C@H](C(=O)O)[C@@H](O)[C@H](O[C@@H]7O[C@@H](C)[C@H](O)[C@@H](O)[C@H]7O)[C@H]6O[C@@H]6O[C@H](CO)[C@H](O)[C@H](O)[C@H]6O)[C@@](C)(C=O)[C@@H]5CC[C@@]4(C)[C@]2(C)C[C@H]3O)O[C@@H]1C)OC(=O)C[C@@H](O)C[C@H](O[C@@H]1O[C@@H](CO)[C@H](O)[C@H]1O)[C@@H](C)CC. The summed E-state index contributed by atoms with van der Waals surface area (Å²) >= 11 is 0. The lowest BCUT2D eigenvalue weighted by Crippen LogP contribution is -2.69. The van der Waals surface area contributed by atoms with Crippen molar-refractivity contribution in [2.45, 2.75) is 444 Å². The van der Waals surface area contributed by atoms with Crippen LogP contribution in [0.3, 0.4) is 0 Å². The number of aliphatic hydroxyl groups excluding tert-OH is 21. The third-order valence-corrected chi connectivity index (χ3v) is 33.6. The zero-order valence-electron chi connectivity index (χ0n) is 80.5. The third kappa shape index (κ3) is 21.6. The second kappa shape index (κ2) is 44.3. The predicted octanol–water partition coefficient (Wildman–Crippen LogP) is -5.30. The molecular weight excluding hydrogens is 1850 g/mol. The molecular formula is C93H150O46. The Hall–Kier alpha value is -4.19. The highest BCUT2D eigenvalue weighted by Gasteiger charge is 2.74. The van der Waals surface area contributed by atoms with Gasteiger partial charge in [-0.15, -0.1) is 0 Å². The molecule has 0 aromatic heterocycles. The number of carboxylic acid groups (broad SMARTS) is 1. The van der Waals surface area contributed by atoms with Crippen LogP contribution >= 0.6 is 0 Å². The van der Waals surface area contributed by atoms with Crippen LogP contribution in [0.2, 0.25) is 0 Å². The van der Waals surface area contributed by atoms with E-state index in [-0.39, 0.29) is 43.9 Å². The van der Waals surface area contributed by atoms with Crippen LogP contribution in [-0.2, 0) is 109 Å². The number of esters is 3. The Labute approximate surface area is 804 Å². The average Bonchev–Trinajstić information content (AvgIpc) is 0.907. The summed E-state index contributed by atoms with van der Waals surface area (Å²) in [6.45, 7) is 19.5. The van der Waals surface area contributed by atoms with Gasteiger partial charge in [0.25, 0.3) is 0 Å². The Morgan fingerprint density at radius 1 is 0.504 bits per heavy atom. The number of hydrogen-bond donors (Lipinski definition) is 23. The molecule has 5 aliphatic carbocycles. The minimum atomic E-state index is -2.27. The second-order valence-corrected chi connectivity index (χ2v) is 43.0. The molecule has 8 heterocycles. The highest BCUT2D eigenvalue weighted by molar-refractivity contribution is 5.80. The number of carboxylic acids is 1. The molecule has 0 amide bonds. The fourth-order valence-electron chi connectivity index (χ4n) is 24.4. The Balaban J connectivity index is 0.750. The molecule has 0 bridgehead atoms. The van der Waals surface area contributed by atoms with Crippen LogP contribution in [0.4, 0.5) is 0 Å². The van der Waals surface area contributed by atoms with E-state index in [0.717, 1.165) is 11.9 Å². The minimum absolute atomic E-state index is 0.0119. The summed E-state index contributed by atoms with van der Waals surface area (Å²) in [4.78, 5) is 72.2. The number of aliphatic hydroxyl groups is 22. The highest BCUT2D eigenvalue weighted by atomic mass is 16.8. The quantitative estimate of drug-likeness (QED) is 0.00926. The molecule has 12 fully saturated rings. The maximum absolute atomic E-state index is 16.4. The third-order valence-electron chi connectivity index (χ3n) is 33.6. The summed E-state index contributed by atoms with van der Waals surface area (Å²) in [5.41, 5.74) is -7.72. The van der Waals surface area contributed by atoms with Gasteiger partial charge in [0, 0.05) is 12.8 Å². The van der Waals surface area contributed by atoms with Crippen molar-refractivity contribution in [2.24, 2.45) is 62.1 Å². The fraction of sp³-hybridized carbons (Fsp3) is 0.925. The molecule has 798 valence electrons. The van der Waals surface area contributed by atoms with Crippen LogP contribution in [-0.4, -0.2) is 438 Å². The van der Waals surface area contributed by atoms with Crippen molar-refractivity contribution in [1.29, 1.82) is 0 Å². The first-order valence-electron chi connectivity index (χ1n) is 48.7. The lowest BCUT2D eigenvalue weighted by molar-refractivity contribution is -0.394. The van der Waals surface area contributed by atoms with Crippen molar-refractivity contribution >= 4 is 30.2 Å². The van der Waals surface area contributed by atoms with Gasteiger partial charge < -0.3 is 208 Å². The van der Waals surface area contributed by atoms with Gasteiger partial charge in [0.1, 0.15) is 152 Å². The monoisotopic (exact) mass is 2000 g/mol. The lowest BCUT2D eigenvalue weighted by Gasteiger charge is -2.71. The average molecular weight is 2000 g/mol. The summed E-state index contributed by atoms with van der Waals surface area (Å²) in [6, 6.07) is 0.